The molecule has 7 heteroatoms. The molecule has 0 aliphatic heterocycles. The zero-order valence-corrected chi connectivity index (χ0v) is 19.9. The van der Waals surface area contributed by atoms with Crippen LogP contribution in [0.5, 0.6) is 0 Å². The Morgan fingerprint density at radius 3 is 2.18 bits per heavy atom. The zero-order valence-electron chi connectivity index (χ0n) is 19.9. The summed E-state index contributed by atoms with van der Waals surface area (Å²) in [7, 11) is 1.23. The summed E-state index contributed by atoms with van der Waals surface area (Å²) >= 11 is 0. The van der Waals surface area contributed by atoms with Gasteiger partial charge >= 0.3 is 12.1 Å². The molecule has 1 amide bonds. The van der Waals surface area contributed by atoms with Crippen molar-refractivity contribution < 1.29 is 24.2 Å². The van der Waals surface area contributed by atoms with Crippen LogP contribution in [-0.2, 0) is 20.7 Å². The van der Waals surface area contributed by atoms with Crippen molar-refractivity contribution in [2.45, 2.75) is 63.1 Å². The van der Waals surface area contributed by atoms with Gasteiger partial charge in [0.2, 0.25) is 0 Å². The molecule has 4 N–H and O–H groups in total. The minimum absolute atomic E-state index is 0.0737. The van der Waals surface area contributed by atoms with Crippen molar-refractivity contribution in [2.24, 2.45) is 5.73 Å². The standard InChI is InChI=1S/C26H36N2O5/c1-5-33-23(30)26(3,28-24(31)32-4)18-21(20-14-10-7-11-15-20)22(29)25(2,27)17-16-19-12-8-6-9-13-19/h6-15,21-22,29H,5,16-18,27H2,1-4H3,(H,28,31). The maximum Gasteiger partial charge on any atom is 0.407 e. The van der Waals surface area contributed by atoms with Gasteiger partial charge in [-0.05, 0) is 51.2 Å². The van der Waals surface area contributed by atoms with Crippen LogP contribution in [0.25, 0.3) is 0 Å². The van der Waals surface area contributed by atoms with Gasteiger partial charge in [0.1, 0.15) is 5.54 Å². The highest BCUT2D eigenvalue weighted by Crippen LogP contribution is 2.35. The van der Waals surface area contributed by atoms with E-state index in [9.17, 15) is 14.7 Å². The summed E-state index contributed by atoms with van der Waals surface area (Å²) in [4.78, 5) is 24.9. The number of aliphatic hydroxyl groups is 1. The van der Waals surface area contributed by atoms with E-state index in [1.54, 1.807) is 13.8 Å². The van der Waals surface area contributed by atoms with E-state index in [1.165, 1.54) is 7.11 Å². The molecule has 4 unspecified atom stereocenters. The van der Waals surface area contributed by atoms with Crippen molar-refractivity contribution in [2.75, 3.05) is 13.7 Å². The lowest BCUT2D eigenvalue weighted by atomic mass is 9.74. The minimum atomic E-state index is -1.43. The van der Waals surface area contributed by atoms with Gasteiger partial charge in [0, 0.05) is 11.5 Å². The first-order valence-electron chi connectivity index (χ1n) is 11.2. The van der Waals surface area contributed by atoms with Gasteiger partial charge in [-0.2, -0.15) is 0 Å². The van der Waals surface area contributed by atoms with E-state index < -0.39 is 35.2 Å². The fourth-order valence-corrected chi connectivity index (χ4v) is 3.97. The number of methoxy groups -OCH3 is 1. The van der Waals surface area contributed by atoms with Crippen LogP contribution in [0.15, 0.2) is 60.7 Å². The average molecular weight is 457 g/mol. The van der Waals surface area contributed by atoms with Crippen LogP contribution in [0.1, 0.15) is 50.7 Å². The maximum atomic E-state index is 12.9. The first-order chi connectivity index (χ1) is 15.6. The molecule has 180 valence electrons. The Balaban J connectivity index is 2.36. The average Bonchev–Trinajstić information content (AvgIpc) is 2.82. The summed E-state index contributed by atoms with van der Waals surface area (Å²) in [6.07, 6.45) is -0.461. The van der Waals surface area contributed by atoms with Gasteiger partial charge in [-0.1, -0.05) is 60.7 Å². The number of hydrogen-bond donors (Lipinski definition) is 3. The number of rotatable bonds is 11. The van der Waals surface area contributed by atoms with E-state index >= 15 is 0 Å². The second-order valence-electron chi connectivity index (χ2n) is 8.83. The molecule has 0 heterocycles. The zero-order chi connectivity index (χ0) is 24.5. The third kappa shape index (κ3) is 7.30. The lowest BCUT2D eigenvalue weighted by Crippen LogP contribution is -2.57. The highest BCUT2D eigenvalue weighted by atomic mass is 16.5. The predicted octanol–water partition coefficient (Wildman–Crippen LogP) is 3.55. The number of nitrogens with two attached hydrogens (primary N) is 1. The number of ether oxygens (including phenoxy) is 2. The van der Waals surface area contributed by atoms with Gasteiger partial charge in [0.05, 0.1) is 19.8 Å². The van der Waals surface area contributed by atoms with Crippen molar-refractivity contribution >= 4 is 12.1 Å². The number of carbonyl (C=O) groups excluding carboxylic acids is 2. The summed E-state index contributed by atoms with van der Waals surface area (Å²) in [5.41, 5.74) is 6.19. The van der Waals surface area contributed by atoms with Crippen LogP contribution >= 0.6 is 0 Å². The quantitative estimate of drug-likeness (QED) is 0.446. The molecular formula is C26H36N2O5. The Labute approximate surface area is 196 Å². The molecule has 2 aromatic rings. The number of amides is 1. The number of carbonyl (C=O) groups is 2. The Hall–Kier alpha value is -2.90. The summed E-state index contributed by atoms with van der Waals surface area (Å²) in [6, 6.07) is 19.3. The third-order valence-corrected chi connectivity index (χ3v) is 6.00. The van der Waals surface area contributed by atoms with E-state index in [1.807, 2.05) is 67.6 Å². The fraction of sp³-hybridized carbons (Fsp3) is 0.462. The van der Waals surface area contributed by atoms with E-state index in [2.05, 4.69) is 5.32 Å². The van der Waals surface area contributed by atoms with E-state index in [4.69, 9.17) is 15.2 Å². The van der Waals surface area contributed by atoms with Crippen LogP contribution in [0.3, 0.4) is 0 Å². The molecule has 0 fully saturated rings. The van der Waals surface area contributed by atoms with E-state index in [-0.39, 0.29) is 13.0 Å². The van der Waals surface area contributed by atoms with Crippen LogP contribution in [0.4, 0.5) is 4.79 Å². The largest absolute Gasteiger partial charge is 0.464 e. The smallest absolute Gasteiger partial charge is 0.407 e. The summed E-state index contributed by atoms with van der Waals surface area (Å²) in [5, 5.41) is 14.1. The molecule has 0 spiro atoms. The SMILES string of the molecule is CCOC(=O)C(C)(CC(c1ccccc1)C(O)C(C)(N)CCc1ccccc1)NC(=O)OC. The van der Waals surface area contributed by atoms with Gasteiger partial charge < -0.3 is 25.6 Å². The Morgan fingerprint density at radius 2 is 1.64 bits per heavy atom. The third-order valence-electron chi connectivity index (χ3n) is 6.00. The molecule has 0 radical (unpaired) electrons. The van der Waals surface area contributed by atoms with Gasteiger partial charge in [-0.15, -0.1) is 0 Å². The number of hydrogen-bond acceptors (Lipinski definition) is 6. The number of benzene rings is 2. The van der Waals surface area contributed by atoms with Crippen LogP contribution in [0, 0.1) is 0 Å². The second-order valence-corrected chi connectivity index (χ2v) is 8.83. The van der Waals surface area contributed by atoms with Crippen molar-refractivity contribution in [3.8, 4) is 0 Å². The normalized spacial score (nSPS) is 16.5. The molecule has 4 atom stereocenters. The van der Waals surface area contributed by atoms with Crippen LogP contribution in [-0.4, -0.2) is 48.1 Å². The van der Waals surface area contributed by atoms with Crippen molar-refractivity contribution in [3.05, 3.63) is 71.8 Å². The van der Waals surface area contributed by atoms with Gasteiger partial charge in [-0.25, -0.2) is 9.59 Å². The summed E-state index contributed by atoms with van der Waals surface area (Å²) in [6.45, 7) is 5.23. The Morgan fingerprint density at radius 1 is 1.06 bits per heavy atom. The fourth-order valence-electron chi connectivity index (χ4n) is 3.97. The molecule has 33 heavy (non-hydrogen) atoms. The monoisotopic (exact) mass is 456 g/mol. The summed E-state index contributed by atoms with van der Waals surface area (Å²) < 4.78 is 9.97. The summed E-state index contributed by atoms with van der Waals surface area (Å²) in [5.74, 6) is -1.16. The first kappa shape index (κ1) is 26.4. The van der Waals surface area contributed by atoms with Gasteiger partial charge in [0.15, 0.2) is 0 Å². The Kier molecular flexibility index (Phi) is 9.44. The highest BCUT2D eigenvalue weighted by Gasteiger charge is 2.44. The Bertz CT molecular complexity index is 888. The number of aliphatic hydroxyl groups excluding tert-OH is 1. The van der Waals surface area contributed by atoms with Crippen LogP contribution in [0.2, 0.25) is 0 Å². The lowest BCUT2D eigenvalue weighted by molar-refractivity contribution is -0.151. The van der Waals surface area contributed by atoms with E-state index in [0.29, 0.717) is 12.8 Å². The predicted molar refractivity (Wildman–Crippen MR) is 128 cm³/mol. The van der Waals surface area contributed by atoms with Crippen molar-refractivity contribution in [1.29, 1.82) is 0 Å². The number of aryl methyl sites for hydroxylation is 1. The molecule has 0 saturated carbocycles. The minimum Gasteiger partial charge on any atom is -0.464 e. The maximum absolute atomic E-state index is 12.9. The van der Waals surface area contributed by atoms with E-state index in [0.717, 1.165) is 11.1 Å². The molecule has 2 rings (SSSR count). The molecule has 2 aromatic carbocycles. The first-order valence-corrected chi connectivity index (χ1v) is 11.2. The highest BCUT2D eigenvalue weighted by molar-refractivity contribution is 5.85. The number of esters is 1. The topological polar surface area (TPSA) is 111 Å². The van der Waals surface area contributed by atoms with Crippen LogP contribution < -0.4 is 11.1 Å². The van der Waals surface area contributed by atoms with Crippen molar-refractivity contribution in [3.63, 3.8) is 0 Å². The second kappa shape index (κ2) is 11.8. The molecule has 0 aliphatic rings. The molecule has 0 aliphatic carbocycles. The molecular weight excluding hydrogens is 420 g/mol. The number of nitrogens with one attached hydrogen (secondary N) is 1. The van der Waals surface area contributed by atoms with Crippen molar-refractivity contribution in [1.82, 2.24) is 5.32 Å². The molecule has 0 saturated heterocycles. The van der Waals surface area contributed by atoms with Gasteiger partial charge in [0.25, 0.3) is 0 Å². The lowest BCUT2D eigenvalue weighted by Gasteiger charge is -2.40. The van der Waals surface area contributed by atoms with Gasteiger partial charge in [-0.3, -0.25) is 0 Å². The molecule has 0 bridgehead atoms. The number of alkyl carbamates (subject to hydrolysis) is 1. The molecule has 0 aromatic heterocycles. The molecule has 7 nitrogen and oxygen atoms in total.